The van der Waals surface area contributed by atoms with Crippen molar-refractivity contribution in [3.63, 3.8) is 0 Å². The molecule has 0 radical (unpaired) electrons. The fourth-order valence-corrected chi connectivity index (χ4v) is 3.27. The van der Waals surface area contributed by atoms with Crippen molar-refractivity contribution in [3.05, 3.63) is 71.5 Å². The van der Waals surface area contributed by atoms with Crippen LogP contribution in [0, 0.1) is 5.82 Å². The van der Waals surface area contributed by atoms with E-state index in [4.69, 9.17) is 9.47 Å². The summed E-state index contributed by atoms with van der Waals surface area (Å²) in [6.45, 7) is 2.22. The Morgan fingerprint density at radius 2 is 1.71 bits per heavy atom. The van der Waals surface area contributed by atoms with Crippen molar-refractivity contribution in [2.45, 2.75) is 19.4 Å². The van der Waals surface area contributed by atoms with Crippen LogP contribution in [0.5, 0.6) is 11.5 Å². The average Bonchev–Trinajstić information content (AvgIpc) is 2.71. The first-order valence-electron chi connectivity index (χ1n) is 9.08. The molecule has 5 heteroatoms. The summed E-state index contributed by atoms with van der Waals surface area (Å²) < 4.78 is 24.1. The lowest BCUT2D eigenvalue weighted by atomic mass is 9.96. The largest absolute Gasteiger partial charge is 0.497 e. The first-order valence-corrected chi connectivity index (χ1v) is 9.08. The Bertz CT molecular complexity index is 1000. The van der Waals surface area contributed by atoms with Gasteiger partial charge in [-0.1, -0.05) is 30.3 Å². The van der Waals surface area contributed by atoms with E-state index in [2.05, 4.69) is 0 Å². The van der Waals surface area contributed by atoms with Crippen LogP contribution in [0.2, 0.25) is 0 Å². The molecule has 1 amide bonds. The number of likely N-dealkylation sites (N-methyl/N-ethyl adjacent to an activating group) is 1. The quantitative estimate of drug-likeness (QED) is 0.618. The number of hydrogen-bond acceptors (Lipinski definition) is 3. The number of carbonyl (C=O) groups excluding carboxylic acids is 1. The molecule has 0 aliphatic rings. The fourth-order valence-electron chi connectivity index (χ4n) is 3.27. The highest BCUT2D eigenvalue weighted by molar-refractivity contribution is 5.88. The molecule has 3 aromatic rings. The topological polar surface area (TPSA) is 38.8 Å². The SMILES string of the molecule is COc1ccc2cc([C@H](C)C(=O)N(C)Cc3ccc(OC)c(F)c3)ccc2c1. The summed E-state index contributed by atoms with van der Waals surface area (Å²) >= 11 is 0. The predicted octanol–water partition coefficient (Wildman–Crippen LogP) is 4.76. The lowest BCUT2D eigenvalue weighted by Crippen LogP contribution is -2.30. The van der Waals surface area contributed by atoms with Gasteiger partial charge in [-0.05, 0) is 53.1 Å². The third-order valence-electron chi connectivity index (χ3n) is 4.95. The first kappa shape index (κ1) is 19.7. The second-order valence-corrected chi connectivity index (χ2v) is 6.86. The van der Waals surface area contributed by atoms with Crippen LogP contribution in [0.1, 0.15) is 24.0 Å². The van der Waals surface area contributed by atoms with Crippen LogP contribution in [0.3, 0.4) is 0 Å². The van der Waals surface area contributed by atoms with Crippen molar-refractivity contribution in [2.24, 2.45) is 0 Å². The van der Waals surface area contributed by atoms with E-state index in [1.807, 2.05) is 43.3 Å². The smallest absolute Gasteiger partial charge is 0.229 e. The molecule has 1 atom stereocenters. The van der Waals surface area contributed by atoms with Gasteiger partial charge in [0.25, 0.3) is 0 Å². The van der Waals surface area contributed by atoms with Gasteiger partial charge in [0, 0.05) is 13.6 Å². The number of methoxy groups -OCH3 is 2. The molecule has 28 heavy (non-hydrogen) atoms. The number of halogens is 1. The Morgan fingerprint density at radius 3 is 2.39 bits per heavy atom. The normalized spacial score (nSPS) is 11.9. The van der Waals surface area contributed by atoms with Crippen LogP contribution in [0.4, 0.5) is 4.39 Å². The lowest BCUT2D eigenvalue weighted by Gasteiger charge is -2.22. The van der Waals surface area contributed by atoms with Crippen LogP contribution >= 0.6 is 0 Å². The molecule has 0 unspecified atom stereocenters. The number of benzene rings is 3. The van der Waals surface area contributed by atoms with Gasteiger partial charge in [0.1, 0.15) is 5.75 Å². The van der Waals surface area contributed by atoms with Gasteiger partial charge in [0.2, 0.25) is 5.91 Å². The molecule has 0 aliphatic heterocycles. The fraction of sp³-hybridized carbons (Fsp3) is 0.261. The molecule has 0 bridgehead atoms. The lowest BCUT2D eigenvalue weighted by molar-refractivity contribution is -0.131. The van der Waals surface area contributed by atoms with E-state index in [9.17, 15) is 9.18 Å². The predicted molar refractivity (Wildman–Crippen MR) is 108 cm³/mol. The molecule has 0 heterocycles. The number of carbonyl (C=O) groups is 1. The zero-order chi connectivity index (χ0) is 20.3. The minimum atomic E-state index is -0.432. The Labute approximate surface area is 164 Å². The number of fused-ring (bicyclic) bond motifs is 1. The molecule has 0 saturated carbocycles. The number of rotatable bonds is 6. The maximum absolute atomic E-state index is 13.9. The standard InChI is InChI=1S/C23H24FNO3/c1-15(17-6-7-19-13-20(27-3)9-8-18(19)12-17)23(26)25(2)14-16-5-10-22(28-4)21(24)11-16/h5-13,15H,14H2,1-4H3/t15-/m0/s1. The molecule has 0 N–H and O–H groups in total. The molecular weight excluding hydrogens is 357 g/mol. The Balaban J connectivity index is 1.75. The van der Waals surface area contributed by atoms with Gasteiger partial charge in [-0.3, -0.25) is 4.79 Å². The van der Waals surface area contributed by atoms with Crippen LogP contribution in [0.15, 0.2) is 54.6 Å². The molecule has 3 aromatic carbocycles. The maximum atomic E-state index is 13.9. The highest BCUT2D eigenvalue weighted by Crippen LogP contribution is 2.26. The maximum Gasteiger partial charge on any atom is 0.229 e. The van der Waals surface area contributed by atoms with Crippen LogP contribution in [-0.4, -0.2) is 32.1 Å². The molecule has 0 aromatic heterocycles. The number of ether oxygens (including phenoxy) is 2. The monoisotopic (exact) mass is 381 g/mol. The Morgan fingerprint density at radius 1 is 1.00 bits per heavy atom. The third-order valence-corrected chi connectivity index (χ3v) is 4.95. The van der Waals surface area contributed by atoms with Gasteiger partial charge < -0.3 is 14.4 Å². The zero-order valence-corrected chi connectivity index (χ0v) is 16.5. The van der Waals surface area contributed by atoms with E-state index >= 15 is 0 Å². The van der Waals surface area contributed by atoms with Gasteiger partial charge >= 0.3 is 0 Å². The minimum absolute atomic E-state index is 0.0240. The van der Waals surface area contributed by atoms with Crippen molar-refractivity contribution in [2.75, 3.05) is 21.3 Å². The highest BCUT2D eigenvalue weighted by Gasteiger charge is 2.20. The summed E-state index contributed by atoms with van der Waals surface area (Å²) in [5.41, 5.74) is 1.65. The molecule has 0 saturated heterocycles. The van der Waals surface area contributed by atoms with Crippen LogP contribution in [0.25, 0.3) is 10.8 Å². The third kappa shape index (κ3) is 4.09. The van der Waals surface area contributed by atoms with E-state index in [1.54, 1.807) is 31.2 Å². The summed E-state index contributed by atoms with van der Waals surface area (Å²) in [5.74, 6) is 0.234. The zero-order valence-electron chi connectivity index (χ0n) is 16.5. The van der Waals surface area contributed by atoms with Crippen LogP contribution < -0.4 is 9.47 Å². The van der Waals surface area contributed by atoms with Gasteiger partial charge in [-0.25, -0.2) is 4.39 Å². The van der Waals surface area contributed by atoms with E-state index in [0.717, 1.165) is 22.1 Å². The van der Waals surface area contributed by atoms with Crippen LogP contribution in [-0.2, 0) is 11.3 Å². The van der Waals surface area contributed by atoms with Crippen molar-refractivity contribution in [1.29, 1.82) is 0 Å². The van der Waals surface area contributed by atoms with E-state index in [-0.39, 0.29) is 17.6 Å². The number of hydrogen-bond donors (Lipinski definition) is 0. The number of amides is 1. The second kappa shape index (κ2) is 8.30. The van der Waals surface area contributed by atoms with Gasteiger partial charge in [-0.2, -0.15) is 0 Å². The van der Waals surface area contributed by atoms with Gasteiger partial charge in [0.05, 0.1) is 20.1 Å². The molecule has 0 spiro atoms. The first-order chi connectivity index (χ1) is 13.4. The second-order valence-electron chi connectivity index (χ2n) is 6.86. The Hall–Kier alpha value is -3.08. The van der Waals surface area contributed by atoms with E-state index < -0.39 is 5.82 Å². The van der Waals surface area contributed by atoms with Crippen molar-refractivity contribution < 1.29 is 18.7 Å². The van der Waals surface area contributed by atoms with Crippen molar-refractivity contribution in [1.82, 2.24) is 4.90 Å². The summed E-state index contributed by atoms with van der Waals surface area (Å²) in [6.07, 6.45) is 0. The molecule has 3 rings (SSSR count). The molecule has 146 valence electrons. The van der Waals surface area contributed by atoms with Gasteiger partial charge in [0.15, 0.2) is 11.6 Å². The van der Waals surface area contributed by atoms with Crippen molar-refractivity contribution >= 4 is 16.7 Å². The summed E-state index contributed by atoms with van der Waals surface area (Å²) in [5, 5.41) is 2.11. The van der Waals surface area contributed by atoms with E-state index in [0.29, 0.717) is 12.1 Å². The summed E-state index contributed by atoms with van der Waals surface area (Å²) in [6, 6.07) is 16.6. The highest BCUT2D eigenvalue weighted by atomic mass is 19.1. The molecular formula is C23H24FNO3. The van der Waals surface area contributed by atoms with E-state index in [1.165, 1.54) is 13.2 Å². The minimum Gasteiger partial charge on any atom is -0.497 e. The van der Waals surface area contributed by atoms with Crippen molar-refractivity contribution in [3.8, 4) is 11.5 Å². The summed E-state index contributed by atoms with van der Waals surface area (Å²) in [4.78, 5) is 14.5. The average molecular weight is 381 g/mol. The van der Waals surface area contributed by atoms with Gasteiger partial charge in [-0.15, -0.1) is 0 Å². The molecule has 0 aliphatic carbocycles. The summed E-state index contributed by atoms with van der Waals surface area (Å²) in [7, 11) is 4.79. The Kier molecular flexibility index (Phi) is 5.83. The molecule has 4 nitrogen and oxygen atoms in total. The number of nitrogens with zero attached hydrogens (tertiary/aromatic N) is 1. The molecule has 0 fully saturated rings.